The number of halogens is 1. The maximum atomic E-state index is 12.9. The first-order chi connectivity index (χ1) is 12.7. The summed E-state index contributed by atoms with van der Waals surface area (Å²) in [5.74, 6) is -0.393. The molecule has 0 bridgehead atoms. The average molecular weight is 385 g/mol. The minimum Gasteiger partial charge on any atom is -0.319 e. The van der Waals surface area contributed by atoms with E-state index >= 15 is 0 Å². The van der Waals surface area contributed by atoms with Crippen molar-refractivity contribution in [2.24, 2.45) is 0 Å². The van der Waals surface area contributed by atoms with Crippen LogP contribution in [-0.4, -0.2) is 29.2 Å². The third-order valence-corrected chi connectivity index (χ3v) is 5.15. The van der Waals surface area contributed by atoms with E-state index < -0.39 is 17.5 Å². The smallest absolute Gasteiger partial charge is 0.319 e. The zero-order valence-corrected chi connectivity index (χ0v) is 16.2. The predicted molar refractivity (Wildman–Crippen MR) is 104 cm³/mol. The molecule has 2 aromatic rings. The van der Waals surface area contributed by atoms with Crippen molar-refractivity contribution in [3.63, 3.8) is 0 Å². The maximum absolute atomic E-state index is 12.9. The molecule has 3 amide bonds. The number of hydrogen-bond donors (Lipinski definition) is 1. The Morgan fingerprint density at radius 1 is 1.07 bits per heavy atom. The van der Waals surface area contributed by atoms with Crippen LogP contribution in [0.15, 0.2) is 48.5 Å². The van der Waals surface area contributed by atoms with Gasteiger partial charge in [-0.25, -0.2) is 4.79 Å². The van der Waals surface area contributed by atoms with Gasteiger partial charge >= 0.3 is 6.03 Å². The lowest BCUT2D eigenvalue weighted by Crippen LogP contribution is -2.41. The second-order valence-corrected chi connectivity index (χ2v) is 7.59. The Bertz CT molecular complexity index is 891. The largest absolute Gasteiger partial charge is 0.325 e. The molecule has 0 radical (unpaired) electrons. The van der Waals surface area contributed by atoms with Crippen molar-refractivity contribution in [2.75, 3.05) is 6.54 Å². The summed E-state index contributed by atoms with van der Waals surface area (Å²) >= 11 is 5.83. The summed E-state index contributed by atoms with van der Waals surface area (Å²) in [6.07, 6.45) is 0. The second-order valence-electron chi connectivity index (χ2n) is 7.15. The van der Waals surface area contributed by atoms with Gasteiger partial charge in [0.2, 0.25) is 0 Å². The van der Waals surface area contributed by atoms with Crippen molar-refractivity contribution >= 4 is 29.3 Å². The van der Waals surface area contributed by atoms with Gasteiger partial charge in [-0.05, 0) is 48.2 Å². The summed E-state index contributed by atoms with van der Waals surface area (Å²) in [5.41, 5.74) is 1.04. The molecule has 5 nitrogen and oxygen atoms in total. The average Bonchev–Trinajstić information content (AvgIpc) is 2.86. The van der Waals surface area contributed by atoms with Crippen LogP contribution in [0.5, 0.6) is 0 Å². The molecule has 1 aliphatic heterocycles. The lowest BCUT2D eigenvalue weighted by molar-refractivity contribution is -0.130. The molecule has 3 rings (SSSR count). The third kappa shape index (κ3) is 3.60. The van der Waals surface area contributed by atoms with Crippen LogP contribution in [0.2, 0.25) is 5.02 Å². The van der Waals surface area contributed by atoms with Crippen LogP contribution in [0.4, 0.5) is 4.79 Å². The maximum Gasteiger partial charge on any atom is 0.325 e. The van der Waals surface area contributed by atoms with E-state index in [-0.39, 0.29) is 12.3 Å². The van der Waals surface area contributed by atoms with E-state index in [4.69, 9.17) is 11.6 Å². The number of amides is 3. The Kier molecular flexibility index (Phi) is 5.07. The number of carbonyl (C=O) groups is 3. The number of Topliss-reactive ketones (excluding diaryl/α,β-unsaturated/α-hetero) is 1. The third-order valence-electron chi connectivity index (χ3n) is 4.90. The first kappa shape index (κ1) is 19.1. The summed E-state index contributed by atoms with van der Waals surface area (Å²) in [4.78, 5) is 38.8. The van der Waals surface area contributed by atoms with Crippen LogP contribution >= 0.6 is 11.6 Å². The molecular weight excluding hydrogens is 364 g/mol. The highest BCUT2D eigenvalue weighted by Crippen LogP contribution is 2.30. The Morgan fingerprint density at radius 3 is 2.22 bits per heavy atom. The van der Waals surface area contributed by atoms with E-state index in [9.17, 15) is 14.4 Å². The molecule has 6 heteroatoms. The fraction of sp³-hybridized carbons (Fsp3) is 0.286. The fourth-order valence-corrected chi connectivity index (χ4v) is 3.23. The minimum atomic E-state index is -1.19. The molecule has 27 heavy (non-hydrogen) atoms. The summed E-state index contributed by atoms with van der Waals surface area (Å²) in [7, 11) is 0. The van der Waals surface area contributed by atoms with Crippen molar-refractivity contribution in [3.8, 4) is 0 Å². The summed E-state index contributed by atoms with van der Waals surface area (Å²) < 4.78 is 0. The molecular formula is C21H21ClN2O3. The van der Waals surface area contributed by atoms with Gasteiger partial charge in [0.05, 0.1) is 6.54 Å². The number of hydrogen-bond acceptors (Lipinski definition) is 3. The van der Waals surface area contributed by atoms with Crippen LogP contribution in [0.3, 0.4) is 0 Å². The molecule has 1 saturated heterocycles. The zero-order valence-electron chi connectivity index (χ0n) is 15.5. The Morgan fingerprint density at radius 2 is 1.67 bits per heavy atom. The van der Waals surface area contributed by atoms with Crippen LogP contribution in [-0.2, 0) is 10.3 Å². The topological polar surface area (TPSA) is 66.5 Å². The van der Waals surface area contributed by atoms with Crippen LogP contribution < -0.4 is 5.32 Å². The molecule has 1 heterocycles. The summed E-state index contributed by atoms with van der Waals surface area (Å²) in [6, 6.07) is 13.4. The van der Waals surface area contributed by atoms with Crippen LogP contribution in [0, 0.1) is 0 Å². The lowest BCUT2D eigenvalue weighted by atomic mass is 9.90. The molecule has 140 valence electrons. The molecule has 1 N–H and O–H groups in total. The van der Waals surface area contributed by atoms with E-state index in [1.807, 2.05) is 24.3 Å². The van der Waals surface area contributed by atoms with Crippen molar-refractivity contribution < 1.29 is 14.4 Å². The monoisotopic (exact) mass is 384 g/mol. The molecule has 0 aliphatic carbocycles. The highest BCUT2D eigenvalue weighted by atomic mass is 35.5. The van der Waals surface area contributed by atoms with Gasteiger partial charge in [0, 0.05) is 10.6 Å². The summed E-state index contributed by atoms with van der Waals surface area (Å²) in [6.45, 7) is 5.52. The fourth-order valence-electron chi connectivity index (χ4n) is 3.11. The molecule has 0 spiro atoms. The number of rotatable bonds is 5. The van der Waals surface area contributed by atoms with Gasteiger partial charge < -0.3 is 5.32 Å². The van der Waals surface area contributed by atoms with Gasteiger partial charge in [-0.2, -0.15) is 0 Å². The normalized spacial score (nSPS) is 19.5. The van der Waals surface area contributed by atoms with E-state index in [1.54, 1.807) is 31.2 Å². The van der Waals surface area contributed by atoms with Crippen LogP contribution in [0.25, 0.3) is 0 Å². The number of urea groups is 1. The Labute approximate surface area is 163 Å². The minimum absolute atomic E-state index is 0.314. The zero-order chi connectivity index (χ0) is 19.8. The first-order valence-corrected chi connectivity index (χ1v) is 9.13. The van der Waals surface area contributed by atoms with Gasteiger partial charge in [0.15, 0.2) is 5.78 Å². The predicted octanol–water partition coefficient (Wildman–Crippen LogP) is 4.11. The highest BCUT2D eigenvalue weighted by molar-refractivity contribution is 6.30. The van der Waals surface area contributed by atoms with Gasteiger partial charge in [-0.1, -0.05) is 49.7 Å². The molecule has 0 aromatic heterocycles. The molecule has 1 fully saturated rings. The number of nitrogens with one attached hydrogen (secondary N) is 1. The van der Waals surface area contributed by atoms with Crippen molar-refractivity contribution in [1.82, 2.24) is 10.2 Å². The number of benzene rings is 2. The number of ketones is 1. The van der Waals surface area contributed by atoms with Gasteiger partial charge in [-0.15, -0.1) is 0 Å². The van der Waals surface area contributed by atoms with E-state index in [0.29, 0.717) is 22.1 Å². The van der Waals surface area contributed by atoms with Crippen molar-refractivity contribution in [3.05, 3.63) is 70.2 Å². The molecule has 0 saturated carbocycles. The Balaban J connectivity index is 1.81. The standard InChI is InChI=1S/C21H21ClN2O3/c1-13(2)14-4-8-16(9-5-14)21(3)19(26)24(20(27)23-21)12-18(25)15-6-10-17(22)11-7-15/h4-11,13H,12H2,1-3H3,(H,23,27)/t21-/m1/s1. The number of nitrogens with zero attached hydrogens (tertiary/aromatic N) is 1. The molecule has 1 atom stereocenters. The first-order valence-electron chi connectivity index (χ1n) is 8.75. The summed E-state index contributed by atoms with van der Waals surface area (Å²) in [5, 5.41) is 3.24. The number of carbonyl (C=O) groups excluding carboxylic acids is 3. The highest BCUT2D eigenvalue weighted by Gasteiger charge is 2.49. The Hall–Kier alpha value is -2.66. The number of imide groups is 1. The van der Waals surface area contributed by atoms with Gasteiger partial charge in [0.1, 0.15) is 5.54 Å². The van der Waals surface area contributed by atoms with E-state index in [2.05, 4.69) is 19.2 Å². The quantitative estimate of drug-likeness (QED) is 0.623. The molecule has 2 aromatic carbocycles. The second kappa shape index (κ2) is 7.16. The van der Waals surface area contributed by atoms with E-state index in [1.165, 1.54) is 0 Å². The van der Waals surface area contributed by atoms with Crippen molar-refractivity contribution in [2.45, 2.75) is 32.2 Å². The molecule has 0 unspecified atom stereocenters. The lowest BCUT2D eigenvalue weighted by Gasteiger charge is -2.22. The molecule has 1 aliphatic rings. The van der Waals surface area contributed by atoms with E-state index in [0.717, 1.165) is 10.5 Å². The van der Waals surface area contributed by atoms with Gasteiger partial charge in [-0.3, -0.25) is 14.5 Å². The SMILES string of the molecule is CC(C)c1ccc([C@@]2(C)NC(=O)N(CC(=O)c3ccc(Cl)cc3)C2=O)cc1. The van der Waals surface area contributed by atoms with Crippen molar-refractivity contribution in [1.29, 1.82) is 0 Å². The van der Waals surface area contributed by atoms with Crippen LogP contribution in [0.1, 0.15) is 48.2 Å². The van der Waals surface area contributed by atoms with Gasteiger partial charge in [0.25, 0.3) is 5.91 Å².